The molecule has 4 heteroatoms. The number of rotatable bonds is 7. The molecule has 1 saturated carbocycles. The van der Waals surface area contributed by atoms with Crippen molar-refractivity contribution < 1.29 is 19.3 Å². The van der Waals surface area contributed by atoms with Gasteiger partial charge in [-0.05, 0) is 31.2 Å². The lowest BCUT2D eigenvalue weighted by atomic mass is 9.82. The maximum Gasteiger partial charge on any atom is 0.175 e. The summed E-state index contributed by atoms with van der Waals surface area (Å²) in [5, 5.41) is 11.1. The highest BCUT2D eigenvalue weighted by atomic mass is 16.7. The number of unbranched alkanes of at least 4 members (excludes halogenated alkanes) is 1. The molecule has 1 aromatic rings. The molecule has 2 aliphatic carbocycles. The normalized spacial score (nSPS) is 32.5. The number of ether oxygens (including phenoxy) is 3. The third-order valence-corrected chi connectivity index (χ3v) is 5.98. The van der Waals surface area contributed by atoms with E-state index in [9.17, 15) is 5.11 Å². The highest BCUT2D eigenvalue weighted by molar-refractivity contribution is 5.22. The van der Waals surface area contributed by atoms with Gasteiger partial charge >= 0.3 is 0 Å². The monoisotopic (exact) mass is 344 g/mol. The van der Waals surface area contributed by atoms with Crippen LogP contribution >= 0.6 is 0 Å². The Bertz CT molecular complexity index is 593. The molecule has 3 aliphatic rings. The van der Waals surface area contributed by atoms with Crippen LogP contribution in [-0.4, -0.2) is 36.3 Å². The lowest BCUT2D eigenvalue weighted by Crippen LogP contribution is -2.39. The van der Waals surface area contributed by atoms with Gasteiger partial charge < -0.3 is 19.3 Å². The fraction of sp³-hybridized carbons (Fsp3) is 0.619. The molecule has 0 amide bonds. The zero-order valence-corrected chi connectivity index (χ0v) is 14.7. The first-order valence-corrected chi connectivity index (χ1v) is 9.53. The number of hydrogen-bond donors (Lipinski definition) is 1. The molecule has 0 aromatic heterocycles. The van der Waals surface area contributed by atoms with Crippen LogP contribution in [0.25, 0.3) is 0 Å². The van der Waals surface area contributed by atoms with E-state index in [-0.39, 0.29) is 11.8 Å². The first-order chi connectivity index (χ1) is 12.2. The predicted octanol–water partition coefficient (Wildman–Crippen LogP) is 3.44. The molecule has 4 nitrogen and oxygen atoms in total. The molecule has 136 valence electrons. The molecule has 1 spiro atoms. The highest BCUT2D eigenvalue weighted by Gasteiger charge is 2.59. The van der Waals surface area contributed by atoms with Gasteiger partial charge in [0, 0.05) is 24.9 Å². The summed E-state index contributed by atoms with van der Waals surface area (Å²) in [7, 11) is 0. The van der Waals surface area contributed by atoms with E-state index in [0.29, 0.717) is 19.8 Å². The zero-order valence-electron chi connectivity index (χ0n) is 14.7. The van der Waals surface area contributed by atoms with Crippen LogP contribution in [0.4, 0.5) is 0 Å². The summed E-state index contributed by atoms with van der Waals surface area (Å²) < 4.78 is 17.5. The Balaban J connectivity index is 1.20. The van der Waals surface area contributed by atoms with Crippen molar-refractivity contribution in [2.24, 2.45) is 11.8 Å². The van der Waals surface area contributed by atoms with Crippen molar-refractivity contribution in [2.75, 3.05) is 19.8 Å². The van der Waals surface area contributed by atoms with Gasteiger partial charge in [-0.3, -0.25) is 0 Å². The lowest BCUT2D eigenvalue weighted by Gasteiger charge is -2.32. The molecule has 1 aliphatic heterocycles. The van der Waals surface area contributed by atoms with Crippen LogP contribution < -0.4 is 0 Å². The Morgan fingerprint density at radius 1 is 1.12 bits per heavy atom. The molecule has 1 unspecified atom stereocenters. The lowest BCUT2D eigenvalue weighted by molar-refractivity contribution is -0.178. The fourth-order valence-electron chi connectivity index (χ4n) is 4.70. The molecule has 0 bridgehead atoms. The Morgan fingerprint density at radius 3 is 2.72 bits per heavy atom. The third-order valence-electron chi connectivity index (χ3n) is 5.98. The first-order valence-electron chi connectivity index (χ1n) is 9.53. The van der Waals surface area contributed by atoms with E-state index in [0.717, 1.165) is 38.7 Å². The smallest absolute Gasteiger partial charge is 0.175 e. The van der Waals surface area contributed by atoms with Gasteiger partial charge in [-0.25, -0.2) is 0 Å². The largest absolute Gasteiger partial charge is 0.385 e. The molecule has 1 N–H and O–H groups in total. The van der Waals surface area contributed by atoms with Gasteiger partial charge in [0.05, 0.1) is 25.4 Å². The fourth-order valence-corrected chi connectivity index (χ4v) is 4.70. The standard InChI is InChI=1S/C21H28O4/c22-20(10-4-5-13-23-16-17-6-2-1-3-7-17)11-8-19-18(20)9-12-21(19)24-14-15-25-21/h1-3,6-8,11,18-19,22H,4-5,9-10,12-16H2/t18-,19-,20?/m1/s1. The summed E-state index contributed by atoms with van der Waals surface area (Å²) in [6.07, 6.45) is 8.73. The Morgan fingerprint density at radius 2 is 1.92 bits per heavy atom. The maximum absolute atomic E-state index is 11.1. The molecule has 1 aromatic carbocycles. The number of benzene rings is 1. The molecule has 0 radical (unpaired) electrons. The van der Waals surface area contributed by atoms with E-state index in [4.69, 9.17) is 14.2 Å². The molecular formula is C21H28O4. The minimum Gasteiger partial charge on any atom is -0.385 e. The van der Waals surface area contributed by atoms with E-state index in [1.807, 2.05) is 24.3 Å². The summed E-state index contributed by atoms with van der Waals surface area (Å²) in [5.41, 5.74) is 0.499. The summed E-state index contributed by atoms with van der Waals surface area (Å²) in [6.45, 7) is 2.74. The van der Waals surface area contributed by atoms with Gasteiger partial charge in [-0.15, -0.1) is 0 Å². The molecule has 3 atom stereocenters. The van der Waals surface area contributed by atoms with Crippen molar-refractivity contribution in [3.05, 3.63) is 48.0 Å². The number of fused-ring (bicyclic) bond motifs is 2. The van der Waals surface area contributed by atoms with Crippen molar-refractivity contribution in [1.82, 2.24) is 0 Å². The second-order valence-corrected chi connectivity index (χ2v) is 7.53. The van der Waals surface area contributed by atoms with Crippen molar-refractivity contribution >= 4 is 0 Å². The zero-order chi connectivity index (χ0) is 17.2. The summed E-state index contributed by atoms with van der Waals surface area (Å²) in [5.74, 6) is -0.0186. The summed E-state index contributed by atoms with van der Waals surface area (Å²) in [4.78, 5) is 0. The first kappa shape index (κ1) is 17.2. The third kappa shape index (κ3) is 3.41. The van der Waals surface area contributed by atoms with Crippen LogP contribution in [0.15, 0.2) is 42.5 Å². The van der Waals surface area contributed by atoms with Gasteiger partial charge in [-0.1, -0.05) is 42.5 Å². The predicted molar refractivity (Wildman–Crippen MR) is 94.9 cm³/mol. The Hall–Kier alpha value is -1.20. The second kappa shape index (κ2) is 7.20. The van der Waals surface area contributed by atoms with Crippen molar-refractivity contribution in [1.29, 1.82) is 0 Å². The number of hydrogen-bond acceptors (Lipinski definition) is 4. The second-order valence-electron chi connectivity index (χ2n) is 7.53. The van der Waals surface area contributed by atoms with Gasteiger partial charge in [-0.2, -0.15) is 0 Å². The SMILES string of the molecule is OC1(CCCCOCc2ccccc2)C=C[C@@H]2[C@H]1CCC21OCCO1. The summed E-state index contributed by atoms with van der Waals surface area (Å²) in [6, 6.07) is 10.2. The van der Waals surface area contributed by atoms with Gasteiger partial charge in [0.2, 0.25) is 0 Å². The molecule has 1 heterocycles. The number of aliphatic hydroxyl groups is 1. The van der Waals surface area contributed by atoms with Crippen LogP contribution in [-0.2, 0) is 20.8 Å². The van der Waals surface area contributed by atoms with Gasteiger partial charge in [0.15, 0.2) is 5.79 Å². The van der Waals surface area contributed by atoms with E-state index in [1.165, 1.54) is 5.56 Å². The molecule has 2 fully saturated rings. The molecule has 1 saturated heterocycles. The van der Waals surface area contributed by atoms with Crippen LogP contribution in [0.1, 0.15) is 37.7 Å². The average Bonchev–Trinajstić information content (AvgIpc) is 3.33. The van der Waals surface area contributed by atoms with Crippen LogP contribution in [0.3, 0.4) is 0 Å². The minimum absolute atomic E-state index is 0.203. The van der Waals surface area contributed by atoms with Crippen LogP contribution in [0.5, 0.6) is 0 Å². The highest BCUT2D eigenvalue weighted by Crippen LogP contribution is 2.55. The van der Waals surface area contributed by atoms with Crippen LogP contribution in [0.2, 0.25) is 0 Å². The maximum atomic E-state index is 11.1. The van der Waals surface area contributed by atoms with Crippen molar-refractivity contribution in [2.45, 2.75) is 50.1 Å². The van der Waals surface area contributed by atoms with Gasteiger partial charge in [0.1, 0.15) is 0 Å². The topological polar surface area (TPSA) is 47.9 Å². The molecule has 4 rings (SSSR count). The van der Waals surface area contributed by atoms with E-state index in [2.05, 4.69) is 18.2 Å². The van der Waals surface area contributed by atoms with Gasteiger partial charge in [0.25, 0.3) is 0 Å². The minimum atomic E-state index is -0.705. The molecular weight excluding hydrogens is 316 g/mol. The van der Waals surface area contributed by atoms with Crippen molar-refractivity contribution in [3.63, 3.8) is 0 Å². The van der Waals surface area contributed by atoms with E-state index < -0.39 is 11.4 Å². The quantitative estimate of drug-likeness (QED) is 0.608. The Kier molecular flexibility index (Phi) is 4.96. The van der Waals surface area contributed by atoms with Crippen molar-refractivity contribution in [3.8, 4) is 0 Å². The van der Waals surface area contributed by atoms with E-state index >= 15 is 0 Å². The Labute approximate surface area is 149 Å². The van der Waals surface area contributed by atoms with Crippen LogP contribution in [0, 0.1) is 11.8 Å². The average molecular weight is 344 g/mol. The molecule has 25 heavy (non-hydrogen) atoms. The van der Waals surface area contributed by atoms with E-state index in [1.54, 1.807) is 0 Å². The summed E-state index contributed by atoms with van der Waals surface area (Å²) >= 11 is 0.